The Balaban J connectivity index is 2.00. The highest BCUT2D eigenvalue weighted by atomic mass is 16.5. The van der Waals surface area contributed by atoms with E-state index >= 15 is 0 Å². The average molecular weight is 266 g/mol. The minimum absolute atomic E-state index is 0.0641. The molecule has 19 heavy (non-hydrogen) atoms. The first-order valence-corrected chi connectivity index (χ1v) is 6.42. The third kappa shape index (κ3) is 7.43. The first-order valence-electron chi connectivity index (χ1n) is 6.42. The van der Waals surface area contributed by atoms with Gasteiger partial charge in [0.15, 0.2) is 0 Å². The third-order valence-corrected chi connectivity index (χ3v) is 2.57. The molecule has 0 saturated heterocycles. The molecule has 2 N–H and O–H groups in total. The van der Waals surface area contributed by atoms with Crippen molar-refractivity contribution in [1.82, 2.24) is 10.6 Å². The normalized spacial score (nSPS) is 11.9. The first-order chi connectivity index (χ1) is 9.22. The molecule has 0 spiro atoms. The van der Waals surface area contributed by atoms with Gasteiger partial charge in [0.2, 0.25) is 5.91 Å². The summed E-state index contributed by atoms with van der Waals surface area (Å²) in [5.41, 5.74) is 0. The fraction of sp³-hybridized carbons (Fsp3) is 0.500. The summed E-state index contributed by atoms with van der Waals surface area (Å²) < 4.78 is 10.7. The van der Waals surface area contributed by atoms with Crippen molar-refractivity contribution in [3.05, 3.63) is 30.3 Å². The van der Waals surface area contributed by atoms with Gasteiger partial charge in [-0.25, -0.2) is 0 Å². The SMILES string of the molecule is CNC(C)CNC(=O)COCCOc1ccccc1. The molecule has 0 aliphatic rings. The molecule has 1 unspecified atom stereocenters. The number of ether oxygens (including phenoxy) is 2. The van der Waals surface area contributed by atoms with E-state index < -0.39 is 0 Å². The predicted molar refractivity (Wildman–Crippen MR) is 74.3 cm³/mol. The van der Waals surface area contributed by atoms with Gasteiger partial charge in [0.25, 0.3) is 0 Å². The van der Waals surface area contributed by atoms with Gasteiger partial charge in [-0.2, -0.15) is 0 Å². The molecule has 0 aliphatic heterocycles. The second-order valence-corrected chi connectivity index (χ2v) is 4.21. The predicted octanol–water partition coefficient (Wildman–Crippen LogP) is 0.806. The summed E-state index contributed by atoms with van der Waals surface area (Å²) in [6.07, 6.45) is 0. The van der Waals surface area contributed by atoms with E-state index in [1.165, 1.54) is 0 Å². The highest BCUT2D eigenvalue weighted by Crippen LogP contribution is 2.07. The second kappa shape index (κ2) is 9.35. The van der Waals surface area contributed by atoms with Crippen LogP contribution in [0.1, 0.15) is 6.92 Å². The molecule has 0 heterocycles. The van der Waals surface area contributed by atoms with Crippen molar-refractivity contribution in [3.63, 3.8) is 0 Å². The Morgan fingerprint density at radius 1 is 1.26 bits per heavy atom. The monoisotopic (exact) mass is 266 g/mol. The minimum Gasteiger partial charge on any atom is -0.491 e. The Bertz CT molecular complexity index is 357. The largest absolute Gasteiger partial charge is 0.491 e. The zero-order chi connectivity index (χ0) is 13.9. The number of likely N-dealkylation sites (N-methyl/N-ethyl adjacent to an activating group) is 1. The molecule has 1 amide bonds. The van der Waals surface area contributed by atoms with E-state index in [-0.39, 0.29) is 18.6 Å². The van der Waals surface area contributed by atoms with Crippen LogP contribution in [0.5, 0.6) is 5.75 Å². The summed E-state index contributed by atoms with van der Waals surface area (Å²) in [6, 6.07) is 9.77. The van der Waals surface area contributed by atoms with Crippen molar-refractivity contribution < 1.29 is 14.3 Å². The van der Waals surface area contributed by atoms with Gasteiger partial charge >= 0.3 is 0 Å². The van der Waals surface area contributed by atoms with Gasteiger partial charge < -0.3 is 20.1 Å². The number of carbonyl (C=O) groups excluding carboxylic acids is 1. The van der Waals surface area contributed by atoms with E-state index in [9.17, 15) is 4.79 Å². The lowest BCUT2D eigenvalue weighted by molar-refractivity contribution is -0.126. The number of rotatable bonds is 9. The number of amides is 1. The fourth-order valence-electron chi connectivity index (χ4n) is 1.32. The van der Waals surface area contributed by atoms with Gasteiger partial charge in [-0.05, 0) is 26.1 Å². The highest BCUT2D eigenvalue weighted by Gasteiger charge is 2.03. The smallest absolute Gasteiger partial charge is 0.246 e. The fourth-order valence-corrected chi connectivity index (χ4v) is 1.32. The van der Waals surface area contributed by atoms with Gasteiger partial charge in [-0.1, -0.05) is 18.2 Å². The summed E-state index contributed by atoms with van der Waals surface area (Å²) in [6.45, 7) is 3.48. The number of hydrogen-bond donors (Lipinski definition) is 2. The molecule has 1 atom stereocenters. The molecule has 106 valence electrons. The lowest BCUT2D eigenvalue weighted by Gasteiger charge is -2.11. The van der Waals surface area contributed by atoms with Crippen LogP contribution in [-0.2, 0) is 9.53 Å². The maximum atomic E-state index is 11.4. The van der Waals surface area contributed by atoms with Gasteiger partial charge in [0.1, 0.15) is 19.0 Å². The molecule has 0 fully saturated rings. The lowest BCUT2D eigenvalue weighted by Crippen LogP contribution is -2.38. The number of para-hydroxylation sites is 1. The molecule has 0 radical (unpaired) electrons. The van der Waals surface area contributed by atoms with Crippen molar-refractivity contribution >= 4 is 5.91 Å². The Labute approximate surface area is 114 Å². The number of benzene rings is 1. The first kappa shape index (κ1) is 15.5. The molecule has 0 bridgehead atoms. The maximum absolute atomic E-state index is 11.4. The number of nitrogens with one attached hydrogen (secondary N) is 2. The van der Waals surface area contributed by atoms with Crippen molar-refractivity contribution in [2.45, 2.75) is 13.0 Å². The molecule has 0 saturated carbocycles. The van der Waals surface area contributed by atoms with Crippen LogP contribution in [0.2, 0.25) is 0 Å². The lowest BCUT2D eigenvalue weighted by atomic mass is 10.3. The van der Waals surface area contributed by atoms with Crippen molar-refractivity contribution in [3.8, 4) is 5.75 Å². The number of hydrogen-bond acceptors (Lipinski definition) is 4. The van der Waals surface area contributed by atoms with Crippen LogP contribution in [0.4, 0.5) is 0 Å². The van der Waals surface area contributed by atoms with Gasteiger partial charge in [-0.3, -0.25) is 4.79 Å². The van der Waals surface area contributed by atoms with E-state index in [1.807, 2.05) is 44.3 Å². The summed E-state index contributed by atoms with van der Waals surface area (Å²) in [4.78, 5) is 11.4. The molecular weight excluding hydrogens is 244 g/mol. The Hall–Kier alpha value is -1.59. The maximum Gasteiger partial charge on any atom is 0.246 e. The van der Waals surface area contributed by atoms with E-state index in [0.717, 1.165) is 5.75 Å². The second-order valence-electron chi connectivity index (χ2n) is 4.21. The van der Waals surface area contributed by atoms with E-state index in [2.05, 4.69) is 10.6 Å². The van der Waals surface area contributed by atoms with Crippen LogP contribution in [0.3, 0.4) is 0 Å². The quantitative estimate of drug-likeness (QED) is 0.649. The van der Waals surface area contributed by atoms with E-state index in [0.29, 0.717) is 19.8 Å². The molecule has 1 rings (SSSR count). The molecule has 0 aromatic heterocycles. The van der Waals surface area contributed by atoms with Crippen molar-refractivity contribution in [1.29, 1.82) is 0 Å². The van der Waals surface area contributed by atoms with Crippen LogP contribution < -0.4 is 15.4 Å². The molecule has 5 heteroatoms. The van der Waals surface area contributed by atoms with Crippen molar-refractivity contribution in [2.24, 2.45) is 0 Å². The van der Waals surface area contributed by atoms with Gasteiger partial charge in [0, 0.05) is 12.6 Å². The van der Waals surface area contributed by atoms with E-state index in [4.69, 9.17) is 9.47 Å². The zero-order valence-corrected chi connectivity index (χ0v) is 11.5. The van der Waals surface area contributed by atoms with Crippen LogP contribution in [-0.4, -0.2) is 45.4 Å². The Morgan fingerprint density at radius 2 is 2.00 bits per heavy atom. The summed E-state index contributed by atoms with van der Waals surface area (Å²) in [7, 11) is 1.86. The Kier molecular flexibility index (Phi) is 7.62. The summed E-state index contributed by atoms with van der Waals surface area (Å²) in [5, 5.41) is 5.81. The molecule has 5 nitrogen and oxygen atoms in total. The Morgan fingerprint density at radius 3 is 2.68 bits per heavy atom. The zero-order valence-electron chi connectivity index (χ0n) is 11.5. The molecular formula is C14H22N2O3. The topological polar surface area (TPSA) is 59.6 Å². The van der Waals surface area contributed by atoms with Crippen LogP contribution in [0, 0.1) is 0 Å². The van der Waals surface area contributed by atoms with Gasteiger partial charge in [-0.15, -0.1) is 0 Å². The minimum atomic E-state index is -0.109. The average Bonchev–Trinajstić information content (AvgIpc) is 2.45. The third-order valence-electron chi connectivity index (χ3n) is 2.57. The molecule has 0 aliphatic carbocycles. The van der Waals surface area contributed by atoms with Crippen LogP contribution >= 0.6 is 0 Å². The summed E-state index contributed by atoms with van der Waals surface area (Å²) >= 11 is 0. The van der Waals surface area contributed by atoms with Crippen molar-refractivity contribution in [2.75, 3.05) is 33.4 Å². The number of carbonyl (C=O) groups is 1. The van der Waals surface area contributed by atoms with E-state index in [1.54, 1.807) is 0 Å². The standard InChI is InChI=1S/C14H22N2O3/c1-12(15-2)10-16-14(17)11-18-8-9-19-13-6-4-3-5-7-13/h3-7,12,15H,8-11H2,1-2H3,(H,16,17). The summed E-state index contributed by atoms with van der Waals surface area (Å²) in [5.74, 6) is 0.695. The molecule has 1 aromatic carbocycles. The highest BCUT2D eigenvalue weighted by molar-refractivity contribution is 5.77. The molecule has 1 aromatic rings. The van der Waals surface area contributed by atoms with Crippen LogP contribution in [0.25, 0.3) is 0 Å². The van der Waals surface area contributed by atoms with Crippen LogP contribution in [0.15, 0.2) is 30.3 Å². The van der Waals surface area contributed by atoms with Gasteiger partial charge in [0.05, 0.1) is 6.61 Å².